The van der Waals surface area contributed by atoms with Crippen molar-refractivity contribution in [1.82, 2.24) is 0 Å². The minimum atomic E-state index is -0.803. The molecule has 0 amide bonds. The van der Waals surface area contributed by atoms with Crippen LogP contribution < -0.4 is 0 Å². The summed E-state index contributed by atoms with van der Waals surface area (Å²) in [6, 6.07) is 3.47. The minimum absolute atomic E-state index is 0.216. The fourth-order valence-electron chi connectivity index (χ4n) is 2.14. The first-order chi connectivity index (χ1) is 6.69. The second-order valence-electron chi connectivity index (χ2n) is 4.57. The number of unbranched alkanes of at least 4 members (excludes halogenated alkanes) is 1. The summed E-state index contributed by atoms with van der Waals surface area (Å²) in [6.07, 6.45) is 5.59. The van der Waals surface area contributed by atoms with E-state index in [4.69, 9.17) is 10.00 Å². The Morgan fingerprint density at radius 3 is 2.86 bits per heavy atom. The van der Waals surface area contributed by atoms with Gasteiger partial charge in [-0.1, -0.05) is 12.6 Å². The Morgan fingerprint density at radius 1 is 1.50 bits per heavy atom. The smallest absolute Gasteiger partial charge is 0.0722 e. The van der Waals surface area contributed by atoms with Crippen molar-refractivity contribution < 1.29 is 4.74 Å². The zero-order valence-corrected chi connectivity index (χ0v) is 10.5. The third-order valence-electron chi connectivity index (χ3n) is 3.47. The molecule has 0 aromatic heterocycles. The van der Waals surface area contributed by atoms with Crippen LogP contribution in [-0.2, 0) is 4.74 Å². The minimum Gasteiger partial charge on any atom is -0.379 e. The molecule has 14 heavy (non-hydrogen) atoms. The fourth-order valence-corrected chi connectivity index (χ4v) is 4.66. The summed E-state index contributed by atoms with van der Waals surface area (Å²) in [5.41, 5.74) is 0. The summed E-state index contributed by atoms with van der Waals surface area (Å²) in [7, 11) is -0.803. The first kappa shape index (κ1) is 11.7. The Morgan fingerprint density at radius 2 is 2.29 bits per heavy atom. The normalized spacial score (nSPS) is 29.5. The van der Waals surface area contributed by atoms with Crippen molar-refractivity contribution in [3.63, 3.8) is 0 Å². The van der Waals surface area contributed by atoms with Gasteiger partial charge in [0.1, 0.15) is 0 Å². The van der Waals surface area contributed by atoms with Crippen LogP contribution in [0.25, 0.3) is 0 Å². The highest BCUT2D eigenvalue weighted by molar-refractivity contribution is 6.60. The molecule has 0 aliphatic carbocycles. The summed E-state index contributed by atoms with van der Waals surface area (Å²) in [6.45, 7) is 5.63. The van der Waals surface area contributed by atoms with Crippen LogP contribution in [0.4, 0.5) is 0 Å². The molecule has 1 heterocycles. The Balaban J connectivity index is 2.33. The number of hydrogen-bond acceptors (Lipinski definition) is 2. The van der Waals surface area contributed by atoms with Gasteiger partial charge in [0.2, 0.25) is 0 Å². The molecule has 2 unspecified atom stereocenters. The molecule has 0 radical (unpaired) electrons. The lowest BCUT2D eigenvalue weighted by atomic mass is 10.1. The van der Waals surface area contributed by atoms with Crippen LogP contribution in [-0.4, -0.2) is 20.6 Å². The van der Waals surface area contributed by atoms with E-state index in [2.05, 4.69) is 19.5 Å². The van der Waals surface area contributed by atoms with Gasteiger partial charge in [-0.25, -0.2) is 0 Å². The van der Waals surface area contributed by atoms with E-state index in [0.717, 1.165) is 13.0 Å². The molecule has 1 saturated heterocycles. The van der Waals surface area contributed by atoms with Gasteiger partial charge in [-0.05, 0) is 32.6 Å². The Labute approximate surface area is 88.9 Å². The summed E-state index contributed by atoms with van der Waals surface area (Å²) >= 11 is 0. The number of rotatable bonds is 4. The van der Waals surface area contributed by atoms with Gasteiger partial charge < -0.3 is 4.74 Å². The van der Waals surface area contributed by atoms with E-state index in [-0.39, 0.29) is 5.22 Å². The van der Waals surface area contributed by atoms with Gasteiger partial charge in [-0.15, -0.1) is 0 Å². The number of ether oxygens (including phenoxy) is 1. The molecule has 1 aliphatic rings. The predicted octanol–water partition coefficient (Wildman–Crippen LogP) is 2.65. The maximum absolute atomic E-state index is 8.49. The zero-order valence-electron chi connectivity index (χ0n) is 9.38. The SMILES string of the molecule is C[SiH](CCCC#N)C1(C)CCCCO1. The monoisotopic (exact) mass is 211 g/mol. The maximum atomic E-state index is 8.49. The second kappa shape index (κ2) is 5.52. The van der Waals surface area contributed by atoms with E-state index >= 15 is 0 Å². The van der Waals surface area contributed by atoms with Gasteiger partial charge in [0.05, 0.1) is 20.1 Å². The average molecular weight is 211 g/mol. The van der Waals surface area contributed by atoms with Crippen molar-refractivity contribution in [2.75, 3.05) is 6.61 Å². The van der Waals surface area contributed by atoms with E-state index in [0.29, 0.717) is 6.42 Å². The summed E-state index contributed by atoms with van der Waals surface area (Å²) in [4.78, 5) is 0. The van der Waals surface area contributed by atoms with E-state index in [1.807, 2.05) is 0 Å². The third kappa shape index (κ3) is 3.11. The van der Waals surface area contributed by atoms with Crippen LogP contribution in [0.1, 0.15) is 39.0 Å². The largest absolute Gasteiger partial charge is 0.379 e. The Kier molecular flexibility index (Phi) is 4.63. The third-order valence-corrected chi connectivity index (χ3v) is 7.28. The molecule has 1 aliphatic heterocycles. The second-order valence-corrected chi connectivity index (χ2v) is 8.17. The maximum Gasteiger partial charge on any atom is 0.0722 e. The lowest BCUT2D eigenvalue weighted by Gasteiger charge is -2.38. The predicted molar refractivity (Wildman–Crippen MR) is 60.9 cm³/mol. The van der Waals surface area contributed by atoms with Gasteiger partial charge in [0.25, 0.3) is 0 Å². The number of nitriles is 1. The molecule has 0 saturated carbocycles. The summed E-state index contributed by atoms with van der Waals surface area (Å²) in [5.74, 6) is 0. The highest BCUT2D eigenvalue weighted by atomic mass is 28.3. The molecule has 2 atom stereocenters. The van der Waals surface area contributed by atoms with Crippen molar-refractivity contribution in [2.45, 2.75) is 56.8 Å². The van der Waals surface area contributed by atoms with Crippen molar-refractivity contribution >= 4 is 8.80 Å². The van der Waals surface area contributed by atoms with E-state index < -0.39 is 8.80 Å². The number of nitrogens with zero attached hydrogens (tertiary/aromatic N) is 1. The van der Waals surface area contributed by atoms with E-state index in [9.17, 15) is 0 Å². The Hall–Kier alpha value is -0.333. The fraction of sp³-hybridized carbons (Fsp3) is 0.909. The molecule has 0 spiro atoms. The van der Waals surface area contributed by atoms with E-state index in [1.165, 1.54) is 25.3 Å². The Bertz CT molecular complexity index is 206. The van der Waals surface area contributed by atoms with Gasteiger partial charge in [0.15, 0.2) is 0 Å². The van der Waals surface area contributed by atoms with Crippen molar-refractivity contribution in [3.8, 4) is 6.07 Å². The lowest BCUT2D eigenvalue weighted by Crippen LogP contribution is -2.46. The molecule has 0 bridgehead atoms. The van der Waals surface area contributed by atoms with Crippen molar-refractivity contribution in [1.29, 1.82) is 5.26 Å². The molecule has 0 aromatic carbocycles. The standard InChI is InChI=1S/C11H21NOSi/c1-11(7-3-5-9-13-11)14(2)10-6-4-8-12/h14H,3-7,9-10H2,1-2H3. The van der Waals surface area contributed by atoms with Crippen molar-refractivity contribution in [2.24, 2.45) is 0 Å². The molecule has 0 aromatic rings. The molecule has 80 valence electrons. The van der Waals surface area contributed by atoms with Crippen LogP contribution in [0.2, 0.25) is 12.6 Å². The molecular weight excluding hydrogens is 190 g/mol. The molecular formula is C11H21NOSi. The van der Waals surface area contributed by atoms with Crippen LogP contribution in [0.15, 0.2) is 0 Å². The quantitative estimate of drug-likeness (QED) is 0.529. The topological polar surface area (TPSA) is 33.0 Å². The van der Waals surface area contributed by atoms with Crippen LogP contribution >= 0.6 is 0 Å². The highest BCUT2D eigenvalue weighted by Gasteiger charge is 2.34. The van der Waals surface area contributed by atoms with Crippen LogP contribution in [0, 0.1) is 11.3 Å². The van der Waals surface area contributed by atoms with Crippen LogP contribution in [0.5, 0.6) is 0 Å². The van der Waals surface area contributed by atoms with Gasteiger partial charge in [-0.3, -0.25) is 0 Å². The van der Waals surface area contributed by atoms with E-state index in [1.54, 1.807) is 0 Å². The first-order valence-electron chi connectivity index (χ1n) is 5.70. The van der Waals surface area contributed by atoms with Gasteiger partial charge in [0, 0.05) is 13.0 Å². The summed E-state index contributed by atoms with van der Waals surface area (Å²) in [5, 5.41) is 8.70. The molecule has 2 nitrogen and oxygen atoms in total. The molecule has 1 rings (SSSR count). The van der Waals surface area contributed by atoms with Gasteiger partial charge in [-0.2, -0.15) is 5.26 Å². The van der Waals surface area contributed by atoms with Gasteiger partial charge >= 0.3 is 0 Å². The average Bonchev–Trinajstić information content (AvgIpc) is 2.19. The molecule has 1 fully saturated rings. The molecule has 0 N–H and O–H groups in total. The number of hydrogen-bond donors (Lipinski definition) is 0. The lowest BCUT2D eigenvalue weighted by molar-refractivity contribution is -0.0102. The first-order valence-corrected chi connectivity index (χ1v) is 8.25. The molecule has 3 heteroatoms. The summed E-state index contributed by atoms with van der Waals surface area (Å²) < 4.78 is 5.94. The zero-order chi connectivity index (χ0) is 10.4. The van der Waals surface area contributed by atoms with Crippen LogP contribution in [0.3, 0.4) is 0 Å². The van der Waals surface area contributed by atoms with Crippen molar-refractivity contribution in [3.05, 3.63) is 0 Å². The highest BCUT2D eigenvalue weighted by Crippen LogP contribution is 2.29.